The second-order valence-electron chi connectivity index (χ2n) is 6.14. The smallest absolute Gasteiger partial charge is 0.262 e. The fourth-order valence-electron chi connectivity index (χ4n) is 2.71. The van der Waals surface area contributed by atoms with Gasteiger partial charge in [-0.25, -0.2) is 9.97 Å². The molecular weight excluding hydrogens is 400 g/mol. The lowest BCUT2D eigenvalue weighted by molar-refractivity contribution is -0.116. The molecule has 4 aromatic heterocycles. The summed E-state index contributed by atoms with van der Waals surface area (Å²) in [4.78, 5) is 37.9. The van der Waals surface area contributed by atoms with E-state index in [0.717, 1.165) is 21.0 Å². The number of nitrogens with one attached hydrogen (secondary N) is 1. The van der Waals surface area contributed by atoms with E-state index in [2.05, 4.69) is 15.3 Å². The first kappa shape index (κ1) is 18.0. The van der Waals surface area contributed by atoms with Crippen LogP contribution in [0.15, 0.2) is 28.6 Å². The van der Waals surface area contributed by atoms with Crippen LogP contribution in [0.5, 0.6) is 0 Å². The second kappa shape index (κ2) is 6.99. The number of fused-ring (bicyclic) bond motifs is 1. The molecule has 1 amide bonds. The van der Waals surface area contributed by atoms with Crippen LogP contribution in [0.25, 0.3) is 20.8 Å². The number of carbonyl (C=O) groups is 1. The number of aromatic nitrogens is 3. The highest BCUT2D eigenvalue weighted by Crippen LogP contribution is 2.30. The monoisotopic (exact) mass is 416 g/mol. The van der Waals surface area contributed by atoms with Crippen molar-refractivity contribution in [1.29, 1.82) is 0 Å². The summed E-state index contributed by atoms with van der Waals surface area (Å²) in [6.45, 7) is 5.82. The third-order valence-electron chi connectivity index (χ3n) is 4.21. The summed E-state index contributed by atoms with van der Waals surface area (Å²) < 4.78 is 1.34. The molecule has 0 aliphatic carbocycles. The Morgan fingerprint density at radius 2 is 2.04 bits per heavy atom. The zero-order chi connectivity index (χ0) is 19.1. The lowest BCUT2D eigenvalue weighted by atomic mass is 10.2. The van der Waals surface area contributed by atoms with Crippen LogP contribution in [0, 0.1) is 20.8 Å². The second-order valence-corrected chi connectivity index (χ2v) is 9.49. The summed E-state index contributed by atoms with van der Waals surface area (Å²) in [5, 5.41) is 5.80. The molecule has 0 atom stereocenters. The Labute approximate surface area is 167 Å². The predicted molar refractivity (Wildman–Crippen MR) is 112 cm³/mol. The van der Waals surface area contributed by atoms with E-state index in [9.17, 15) is 9.59 Å². The van der Waals surface area contributed by atoms with Crippen molar-refractivity contribution in [3.8, 4) is 10.6 Å². The van der Waals surface area contributed by atoms with Crippen molar-refractivity contribution in [2.45, 2.75) is 27.3 Å². The zero-order valence-electron chi connectivity index (χ0n) is 14.9. The van der Waals surface area contributed by atoms with Gasteiger partial charge in [0.2, 0.25) is 5.91 Å². The molecule has 6 nitrogen and oxygen atoms in total. The number of amides is 1. The summed E-state index contributed by atoms with van der Waals surface area (Å²) >= 11 is 4.52. The van der Waals surface area contributed by atoms with Gasteiger partial charge < -0.3 is 5.32 Å². The van der Waals surface area contributed by atoms with Gasteiger partial charge in [-0.1, -0.05) is 0 Å². The van der Waals surface area contributed by atoms with Crippen LogP contribution in [0.1, 0.15) is 15.3 Å². The van der Waals surface area contributed by atoms with E-state index in [0.29, 0.717) is 15.3 Å². The molecule has 4 aromatic rings. The van der Waals surface area contributed by atoms with E-state index < -0.39 is 0 Å². The molecule has 0 aromatic carbocycles. The summed E-state index contributed by atoms with van der Waals surface area (Å²) in [6, 6.07) is 4.06. The number of hydrogen-bond acceptors (Lipinski definition) is 7. The van der Waals surface area contributed by atoms with Crippen LogP contribution in [-0.4, -0.2) is 20.4 Å². The maximum atomic E-state index is 12.7. The molecule has 0 aliphatic heterocycles. The third kappa shape index (κ3) is 3.45. The molecule has 0 radical (unpaired) electrons. The van der Waals surface area contributed by atoms with E-state index in [1.165, 1.54) is 38.4 Å². The number of thiazole rings is 1. The van der Waals surface area contributed by atoms with E-state index in [4.69, 9.17) is 0 Å². The highest BCUT2D eigenvalue weighted by atomic mass is 32.1. The Morgan fingerprint density at radius 3 is 2.78 bits per heavy atom. The van der Waals surface area contributed by atoms with Gasteiger partial charge >= 0.3 is 0 Å². The molecule has 9 heteroatoms. The molecule has 138 valence electrons. The first-order chi connectivity index (χ1) is 12.9. The van der Waals surface area contributed by atoms with E-state index in [1.807, 2.05) is 38.3 Å². The minimum Gasteiger partial charge on any atom is -0.300 e. The average molecular weight is 417 g/mol. The van der Waals surface area contributed by atoms with E-state index in [-0.39, 0.29) is 18.0 Å². The standard InChI is InChI=1S/C18H16N4O2S3/c1-9-4-5-13(26-9)12-7-25-18(20-12)21-14(23)6-22-8-19-16-15(17(22)24)10(2)11(3)27-16/h4-5,7-8H,6H2,1-3H3,(H,20,21,23). The SMILES string of the molecule is Cc1ccc(-c2csc(NC(=O)Cn3cnc4sc(C)c(C)c4c3=O)n2)s1. The Balaban J connectivity index is 1.52. The summed E-state index contributed by atoms with van der Waals surface area (Å²) in [7, 11) is 0. The molecule has 0 bridgehead atoms. The fraction of sp³-hybridized carbons (Fsp3) is 0.222. The van der Waals surface area contributed by atoms with Crippen LogP contribution in [-0.2, 0) is 11.3 Å². The number of nitrogens with zero attached hydrogens (tertiary/aromatic N) is 3. The third-order valence-corrected chi connectivity index (χ3v) is 7.11. The normalized spacial score (nSPS) is 11.2. The molecule has 0 unspecified atom stereocenters. The largest absolute Gasteiger partial charge is 0.300 e. The molecule has 0 aliphatic rings. The predicted octanol–water partition coefficient (Wildman–Crippen LogP) is 4.21. The van der Waals surface area contributed by atoms with E-state index >= 15 is 0 Å². The Kier molecular flexibility index (Phi) is 4.67. The van der Waals surface area contributed by atoms with Crippen molar-refractivity contribution in [1.82, 2.24) is 14.5 Å². The van der Waals surface area contributed by atoms with Crippen molar-refractivity contribution in [2.75, 3.05) is 5.32 Å². The van der Waals surface area contributed by atoms with Gasteiger partial charge in [-0.2, -0.15) is 0 Å². The molecule has 4 heterocycles. The summed E-state index contributed by atoms with van der Waals surface area (Å²) in [5.41, 5.74) is 1.59. The van der Waals surface area contributed by atoms with Crippen LogP contribution in [0.3, 0.4) is 0 Å². The highest BCUT2D eigenvalue weighted by molar-refractivity contribution is 7.18. The van der Waals surface area contributed by atoms with Gasteiger partial charge in [0.25, 0.3) is 5.56 Å². The lowest BCUT2D eigenvalue weighted by Gasteiger charge is -2.05. The number of aryl methyl sites for hydroxylation is 3. The van der Waals surface area contributed by atoms with Gasteiger partial charge in [0.05, 0.1) is 22.3 Å². The number of hydrogen-bond donors (Lipinski definition) is 1. The van der Waals surface area contributed by atoms with Crippen molar-refractivity contribution in [2.24, 2.45) is 0 Å². The van der Waals surface area contributed by atoms with Crippen molar-refractivity contribution in [3.63, 3.8) is 0 Å². The molecule has 0 fully saturated rings. The average Bonchev–Trinajstić information content (AvgIpc) is 3.31. The minimum atomic E-state index is -0.300. The quantitative estimate of drug-likeness (QED) is 0.541. The molecule has 27 heavy (non-hydrogen) atoms. The molecule has 0 saturated heterocycles. The maximum Gasteiger partial charge on any atom is 0.262 e. The maximum absolute atomic E-state index is 12.7. The van der Waals surface area contributed by atoms with Gasteiger partial charge in [-0.15, -0.1) is 34.0 Å². The summed E-state index contributed by atoms with van der Waals surface area (Å²) in [5.74, 6) is -0.300. The lowest BCUT2D eigenvalue weighted by Crippen LogP contribution is -2.27. The molecule has 1 N–H and O–H groups in total. The molecular formula is C18H16N4O2S3. The Bertz CT molecular complexity index is 1220. The van der Waals surface area contributed by atoms with Crippen molar-refractivity contribution < 1.29 is 4.79 Å². The minimum absolute atomic E-state index is 0.0941. The number of anilines is 1. The van der Waals surface area contributed by atoms with Crippen molar-refractivity contribution in [3.05, 3.63) is 49.5 Å². The van der Waals surface area contributed by atoms with Crippen LogP contribution < -0.4 is 10.9 Å². The van der Waals surface area contributed by atoms with Crippen molar-refractivity contribution >= 4 is 55.3 Å². The van der Waals surface area contributed by atoms with Gasteiger partial charge in [-0.05, 0) is 38.5 Å². The first-order valence-electron chi connectivity index (χ1n) is 8.19. The van der Waals surface area contributed by atoms with Crippen LogP contribution >= 0.6 is 34.0 Å². The van der Waals surface area contributed by atoms with E-state index in [1.54, 1.807) is 11.3 Å². The molecule has 0 saturated carbocycles. The first-order valence-corrected chi connectivity index (χ1v) is 10.7. The Morgan fingerprint density at radius 1 is 1.22 bits per heavy atom. The summed E-state index contributed by atoms with van der Waals surface area (Å²) in [6.07, 6.45) is 1.43. The highest BCUT2D eigenvalue weighted by Gasteiger charge is 2.15. The molecule has 4 rings (SSSR count). The number of carbonyl (C=O) groups excluding carboxylic acids is 1. The van der Waals surface area contributed by atoms with Gasteiger partial charge in [0.1, 0.15) is 11.4 Å². The Hall–Kier alpha value is -2.36. The van der Waals surface area contributed by atoms with Crippen LogP contribution in [0.2, 0.25) is 0 Å². The zero-order valence-corrected chi connectivity index (χ0v) is 17.3. The van der Waals surface area contributed by atoms with Gasteiger partial charge in [0.15, 0.2) is 5.13 Å². The van der Waals surface area contributed by atoms with Gasteiger partial charge in [0, 0.05) is 15.1 Å². The topological polar surface area (TPSA) is 76.9 Å². The number of thiophene rings is 2. The fourth-order valence-corrected chi connectivity index (χ4v) is 5.33. The van der Waals surface area contributed by atoms with Gasteiger partial charge in [-0.3, -0.25) is 14.2 Å². The van der Waals surface area contributed by atoms with Crippen LogP contribution in [0.4, 0.5) is 5.13 Å². The molecule has 0 spiro atoms. The number of rotatable bonds is 4.